The number of carbonyl (C=O) groups excluding carboxylic acids is 3. The summed E-state index contributed by atoms with van der Waals surface area (Å²) in [6.07, 6.45) is 5.52. The van der Waals surface area contributed by atoms with Crippen molar-refractivity contribution in [1.29, 1.82) is 0 Å². The van der Waals surface area contributed by atoms with Crippen LogP contribution in [0.1, 0.15) is 113 Å². The molecule has 0 bridgehead atoms. The van der Waals surface area contributed by atoms with Crippen LogP contribution in [-0.2, 0) is 33.3 Å². The number of rotatable bonds is 10. The lowest BCUT2D eigenvalue weighted by Gasteiger charge is -2.37. The minimum absolute atomic E-state index is 0.0560. The summed E-state index contributed by atoms with van der Waals surface area (Å²) in [6, 6.07) is 0. The lowest BCUT2D eigenvalue weighted by atomic mass is 9.72. The van der Waals surface area contributed by atoms with Gasteiger partial charge in [0.15, 0.2) is 0 Å². The van der Waals surface area contributed by atoms with E-state index in [0.717, 1.165) is 0 Å². The molecule has 208 valence electrons. The first-order chi connectivity index (χ1) is 16.6. The molecule has 0 aromatic rings. The third-order valence-corrected chi connectivity index (χ3v) is 7.33. The fourth-order valence-corrected chi connectivity index (χ4v) is 5.03. The van der Waals surface area contributed by atoms with E-state index in [1.165, 1.54) is 0 Å². The average Bonchev–Trinajstić information content (AvgIpc) is 2.78. The lowest BCUT2D eigenvalue weighted by Crippen LogP contribution is -2.41. The molecule has 0 aromatic carbocycles. The molecule has 2 rings (SSSR count). The van der Waals surface area contributed by atoms with Gasteiger partial charge in [-0.3, -0.25) is 9.59 Å². The zero-order chi connectivity index (χ0) is 27.1. The lowest BCUT2D eigenvalue weighted by molar-refractivity contribution is -0.171. The standard InChI is InChI=1S/C28H48O8/c1-8-28(7,25(32)35-21-11-9-19(29)10-12-21)18-27(5,6)24(31)34-22-15-13-20(14-16-22)33-17-23(30)36-26(2,3)4/h19-22,29H,8-18H2,1-7H3. The second-order valence-electron chi connectivity index (χ2n) is 12.5. The van der Waals surface area contributed by atoms with E-state index in [-0.39, 0.29) is 48.9 Å². The molecule has 0 heterocycles. The fraction of sp³-hybridized carbons (Fsp3) is 0.893. The van der Waals surface area contributed by atoms with Crippen molar-refractivity contribution in [2.45, 2.75) is 143 Å². The van der Waals surface area contributed by atoms with Gasteiger partial charge in [0.05, 0.1) is 23.0 Å². The van der Waals surface area contributed by atoms with Gasteiger partial charge in [-0.05, 0) is 106 Å². The van der Waals surface area contributed by atoms with E-state index >= 15 is 0 Å². The highest BCUT2D eigenvalue weighted by Crippen LogP contribution is 2.40. The summed E-state index contributed by atoms with van der Waals surface area (Å²) < 4.78 is 22.6. The Bertz CT molecular complexity index is 739. The number of ether oxygens (including phenoxy) is 4. The molecule has 36 heavy (non-hydrogen) atoms. The first-order valence-corrected chi connectivity index (χ1v) is 13.6. The molecule has 1 atom stereocenters. The number of aliphatic hydroxyl groups is 1. The number of hydrogen-bond acceptors (Lipinski definition) is 8. The van der Waals surface area contributed by atoms with Crippen LogP contribution in [0.15, 0.2) is 0 Å². The number of aliphatic hydroxyl groups excluding tert-OH is 1. The molecule has 0 aromatic heterocycles. The molecule has 1 unspecified atom stereocenters. The Kier molecular flexibility index (Phi) is 10.8. The minimum Gasteiger partial charge on any atom is -0.462 e. The van der Waals surface area contributed by atoms with E-state index in [1.807, 2.05) is 48.5 Å². The van der Waals surface area contributed by atoms with Crippen LogP contribution >= 0.6 is 0 Å². The molecule has 2 aliphatic carbocycles. The van der Waals surface area contributed by atoms with Crippen molar-refractivity contribution in [3.05, 3.63) is 0 Å². The van der Waals surface area contributed by atoms with Gasteiger partial charge in [0.1, 0.15) is 24.4 Å². The van der Waals surface area contributed by atoms with Gasteiger partial charge in [-0.1, -0.05) is 6.92 Å². The molecule has 8 nitrogen and oxygen atoms in total. The van der Waals surface area contributed by atoms with Gasteiger partial charge in [0, 0.05) is 0 Å². The fourth-order valence-electron chi connectivity index (χ4n) is 5.03. The summed E-state index contributed by atoms with van der Waals surface area (Å²) in [5.74, 6) is -0.972. The van der Waals surface area contributed by atoms with Gasteiger partial charge < -0.3 is 24.1 Å². The predicted molar refractivity (Wildman–Crippen MR) is 135 cm³/mol. The van der Waals surface area contributed by atoms with E-state index in [2.05, 4.69) is 0 Å². The molecule has 0 saturated heterocycles. The van der Waals surface area contributed by atoms with Crippen LogP contribution in [-0.4, -0.2) is 59.6 Å². The smallest absolute Gasteiger partial charge is 0.332 e. The zero-order valence-electron chi connectivity index (χ0n) is 23.4. The van der Waals surface area contributed by atoms with Gasteiger partial charge in [-0.2, -0.15) is 0 Å². The van der Waals surface area contributed by atoms with Crippen LogP contribution in [0.5, 0.6) is 0 Å². The highest BCUT2D eigenvalue weighted by atomic mass is 16.6. The molecular weight excluding hydrogens is 464 g/mol. The Morgan fingerprint density at radius 3 is 1.72 bits per heavy atom. The molecule has 2 fully saturated rings. The minimum atomic E-state index is -0.851. The number of carbonyl (C=O) groups is 3. The Morgan fingerprint density at radius 2 is 1.22 bits per heavy atom. The summed E-state index contributed by atoms with van der Waals surface area (Å²) in [7, 11) is 0. The SMILES string of the molecule is CCC(C)(CC(C)(C)C(=O)OC1CCC(OCC(=O)OC(C)(C)C)CC1)C(=O)OC1CCC(O)CC1. The second kappa shape index (κ2) is 12.7. The Morgan fingerprint density at radius 1 is 0.750 bits per heavy atom. The number of esters is 3. The maximum atomic E-state index is 13.1. The molecule has 0 aliphatic heterocycles. The van der Waals surface area contributed by atoms with Crippen LogP contribution in [0.4, 0.5) is 0 Å². The summed E-state index contributed by atoms with van der Waals surface area (Å²) >= 11 is 0. The summed E-state index contributed by atoms with van der Waals surface area (Å²) in [6.45, 7) is 12.8. The van der Waals surface area contributed by atoms with Crippen LogP contribution < -0.4 is 0 Å². The molecular formula is C28H48O8. The monoisotopic (exact) mass is 512 g/mol. The summed E-state index contributed by atoms with van der Waals surface area (Å²) in [5, 5.41) is 9.70. The van der Waals surface area contributed by atoms with Crippen molar-refractivity contribution in [1.82, 2.24) is 0 Å². The number of hydrogen-bond donors (Lipinski definition) is 1. The highest BCUT2D eigenvalue weighted by Gasteiger charge is 2.44. The molecule has 0 amide bonds. The van der Waals surface area contributed by atoms with Crippen LogP contribution in [0.3, 0.4) is 0 Å². The predicted octanol–water partition coefficient (Wildman–Crippen LogP) is 4.88. The van der Waals surface area contributed by atoms with Crippen LogP contribution in [0.25, 0.3) is 0 Å². The topological polar surface area (TPSA) is 108 Å². The van der Waals surface area contributed by atoms with Crippen molar-refractivity contribution < 1.29 is 38.4 Å². The van der Waals surface area contributed by atoms with Gasteiger partial charge in [0.25, 0.3) is 0 Å². The van der Waals surface area contributed by atoms with E-state index in [4.69, 9.17) is 18.9 Å². The Balaban J connectivity index is 1.81. The maximum Gasteiger partial charge on any atom is 0.332 e. The first kappa shape index (κ1) is 30.6. The Labute approximate surface area is 216 Å². The van der Waals surface area contributed by atoms with E-state index < -0.39 is 16.4 Å². The average molecular weight is 513 g/mol. The molecule has 8 heteroatoms. The molecule has 0 radical (unpaired) electrons. The van der Waals surface area contributed by atoms with Crippen molar-refractivity contribution >= 4 is 17.9 Å². The largest absolute Gasteiger partial charge is 0.462 e. The molecule has 2 aliphatic rings. The quantitative estimate of drug-likeness (QED) is 0.326. The highest BCUT2D eigenvalue weighted by molar-refractivity contribution is 5.80. The third kappa shape index (κ3) is 9.66. The van der Waals surface area contributed by atoms with Gasteiger partial charge in [-0.15, -0.1) is 0 Å². The van der Waals surface area contributed by atoms with Crippen LogP contribution in [0, 0.1) is 10.8 Å². The maximum absolute atomic E-state index is 13.1. The molecule has 2 saturated carbocycles. The first-order valence-electron chi connectivity index (χ1n) is 13.6. The molecule has 0 spiro atoms. The molecule has 1 N–H and O–H groups in total. The summed E-state index contributed by atoms with van der Waals surface area (Å²) in [5.41, 5.74) is -2.19. The zero-order valence-corrected chi connectivity index (χ0v) is 23.4. The van der Waals surface area contributed by atoms with Gasteiger partial charge in [0.2, 0.25) is 0 Å². The van der Waals surface area contributed by atoms with E-state index in [9.17, 15) is 19.5 Å². The van der Waals surface area contributed by atoms with Crippen molar-refractivity contribution in [2.24, 2.45) is 10.8 Å². The van der Waals surface area contributed by atoms with Crippen LogP contribution in [0.2, 0.25) is 0 Å². The van der Waals surface area contributed by atoms with E-state index in [1.54, 1.807) is 0 Å². The van der Waals surface area contributed by atoms with Crippen molar-refractivity contribution in [3.63, 3.8) is 0 Å². The Hall–Kier alpha value is -1.67. The van der Waals surface area contributed by atoms with Crippen molar-refractivity contribution in [2.75, 3.05) is 6.61 Å². The summed E-state index contributed by atoms with van der Waals surface area (Å²) in [4.78, 5) is 38.1. The second-order valence-corrected chi connectivity index (χ2v) is 12.5. The third-order valence-electron chi connectivity index (χ3n) is 7.33. The van der Waals surface area contributed by atoms with E-state index in [0.29, 0.717) is 64.2 Å². The normalized spacial score (nSPS) is 27.0. The van der Waals surface area contributed by atoms with Crippen molar-refractivity contribution in [3.8, 4) is 0 Å². The van der Waals surface area contributed by atoms with Gasteiger partial charge in [-0.25, -0.2) is 4.79 Å². The van der Waals surface area contributed by atoms with Gasteiger partial charge >= 0.3 is 17.9 Å².